The van der Waals surface area contributed by atoms with Gasteiger partial charge in [-0.15, -0.1) is 0 Å². The van der Waals surface area contributed by atoms with Crippen molar-refractivity contribution in [2.75, 3.05) is 4.90 Å². The Hall–Kier alpha value is -3.80. The Kier molecular flexibility index (Phi) is 4.91. The molecule has 1 aromatic heterocycles. The van der Waals surface area contributed by atoms with Crippen molar-refractivity contribution in [1.29, 1.82) is 0 Å². The molecule has 2 heterocycles. The summed E-state index contributed by atoms with van der Waals surface area (Å²) >= 11 is 0. The summed E-state index contributed by atoms with van der Waals surface area (Å²) in [6, 6.07) is 15.0. The third kappa shape index (κ3) is 3.37. The third-order valence-electron chi connectivity index (χ3n) is 5.01. The molecule has 0 spiro atoms. The lowest BCUT2D eigenvalue weighted by Crippen LogP contribution is -2.30. The molecule has 1 aliphatic heterocycles. The quantitative estimate of drug-likeness (QED) is 0.399. The molecule has 1 unspecified atom stereocenters. The average molecular weight is 402 g/mol. The van der Waals surface area contributed by atoms with Gasteiger partial charge >= 0.3 is 0 Å². The molecular weight excluding hydrogens is 383 g/mol. The summed E-state index contributed by atoms with van der Waals surface area (Å²) in [5.74, 6) is -2.40. The zero-order valence-corrected chi connectivity index (χ0v) is 16.5. The Morgan fingerprint density at radius 2 is 1.67 bits per heavy atom. The first-order valence-corrected chi connectivity index (χ1v) is 9.43. The van der Waals surface area contributed by atoms with Gasteiger partial charge in [-0.05, 0) is 73.5 Å². The van der Waals surface area contributed by atoms with E-state index in [1.807, 2.05) is 32.0 Å². The summed E-state index contributed by atoms with van der Waals surface area (Å²) in [6.07, 6.45) is 1.56. The monoisotopic (exact) mass is 402 g/mol. The number of hydrogen-bond acceptors (Lipinski definition) is 4. The molecule has 1 amide bonds. The standard InChI is InChI=1S/C24H19FN2O3/c1-14-11-15(2)13-18(12-14)27-21(19-5-3-4-10-26-19)20(23(29)24(27)30)22(28)16-6-8-17(25)9-7-16/h3-13,21,28H,1-2H3/b22-20+. The number of carbonyl (C=O) groups is 2. The number of pyridine rings is 1. The van der Waals surface area contributed by atoms with Crippen LogP contribution in [0.5, 0.6) is 0 Å². The van der Waals surface area contributed by atoms with E-state index in [1.165, 1.54) is 29.2 Å². The molecule has 0 bridgehead atoms. The lowest BCUT2D eigenvalue weighted by Gasteiger charge is -2.25. The fourth-order valence-corrected chi connectivity index (χ4v) is 3.77. The van der Waals surface area contributed by atoms with Crippen molar-refractivity contribution in [3.05, 3.63) is 101 Å². The zero-order chi connectivity index (χ0) is 21.4. The smallest absolute Gasteiger partial charge is 0.300 e. The number of aliphatic hydroxyl groups is 1. The molecule has 4 rings (SSSR count). The van der Waals surface area contributed by atoms with Crippen LogP contribution in [0.4, 0.5) is 10.1 Å². The van der Waals surface area contributed by atoms with Gasteiger partial charge in [0.2, 0.25) is 0 Å². The van der Waals surface area contributed by atoms with Gasteiger partial charge in [0.05, 0.1) is 11.3 Å². The summed E-state index contributed by atoms with van der Waals surface area (Å²) < 4.78 is 13.3. The van der Waals surface area contributed by atoms with Crippen molar-refractivity contribution >= 4 is 23.1 Å². The predicted molar refractivity (Wildman–Crippen MR) is 111 cm³/mol. The van der Waals surface area contributed by atoms with Gasteiger partial charge in [0.1, 0.15) is 17.6 Å². The average Bonchev–Trinajstić information content (AvgIpc) is 2.99. The second-order valence-corrected chi connectivity index (χ2v) is 7.28. The number of nitrogens with zero attached hydrogens (tertiary/aromatic N) is 2. The lowest BCUT2D eigenvalue weighted by molar-refractivity contribution is -0.132. The Morgan fingerprint density at radius 1 is 1.00 bits per heavy atom. The van der Waals surface area contributed by atoms with Gasteiger partial charge in [-0.3, -0.25) is 19.5 Å². The first-order valence-electron chi connectivity index (χ1n) is 9.43. The van der Waals surface area contributed by atoms with Crippen LogP contribution in [0.25, 0.3) is 5.76 Å². The van der Waals surface area contributed by atoms with Gasteiger partial charge < -0.3 is 5.11 Å². The molecule has 1 atom stereocenters. The van der Waals surface area contributed by atoms with Crippen LogP contribution in [0.3, 0.4) is 0 Å². The summed E-state index contributed by atoms with van der Waals surface area (Å²) in [5, 5.41) is 10.9. The zero-order valence-electron chi connectivity index (χ0n) is 16.5. The van der Waals surface area contributed by atoms with Crippen molar-refractivity contribution in [1.82, 2.24) is 4.98 Å². The fraction of sp³-hybridized carbons (Fsp3) is 0.125. The van der Waals surface area contributed by atoms with Gasteiger partial charge in [-0.25, -0.2) is 4.39 Å². The van der Waals surface area contributed by atoms with E-state index in [2.05, 4.69) is 4.98 Å². The Bertz CT molecular complexity index is 1150. The first kappa shape index (κ1) is 19.5. The number of aryl methyl sites for hydroxylation is 2. The van der Waals surface area contributed by atoms with Crippen molar-refractivity contribution in [2.24, 2.45) is 0 Å². The topological polar surface area (TPSA) is 70.5 Å². The fourth-order valence-electron chi connectivity index (χ4n) is 3.77. The SMILES string of the molecule is Cc1cc(C)cc(N2C(=O)C(=O)/C(=C(/O)c3ccc(F)cc3)C2c2ccccn2)c1. The van der Waals surface area contributed by atoms with Crippen LogP contribution >= 0.6 is 0 Å². The van der Waals surface area contributed by atoms with E-state index >= 15 is 0 Å². The number of ketones is 1. The number of benzene rings is 2. The number of rotatable bonds is 3. The number of aliphatic hydroxyl groups excluding tert-OH is 1. The molecule has 1 N–H and O–H groups in total. The van der Waals surface area contributed by atoms with Crippen LogP contribution in [-0.4, -0.2) is 21.8 Å². The van der Waals surface area contributed by atoms with Gasteiger partial charge in [-0.1, -0.05) is 12.1 Å². The van der Waals surface area contributed by atoms with Crippen molar-refractivity contribution in [3.63, 3.8) is 0 Å². The molecular formula is C24H19FN2O3. The molecule has 1 aliphatic rings. The summed E-state index contributed by atoms with van der Waals surface area (Å²) in [6.45, 7) is 3.81. The van der Waals surface area contributed by atoms with E-state index < -0.39 is 23.5 Å². The molecule has 0 radical (unpaired) electrons. The Labute approximate surface area is 173 Å². The van der Waals surface area contributed by atoms with Gasteiger partial charge in [0.15, 0.2) is 0 Å². The Balaban J connectivity index is 1.96. The predicted octanol–water partition coefficient (Wildman–Crippen LogP) is 4.46. The highest BCUT2D eigenvalue weighted by Crippen LogP contribution is 2.41. The molecule has 0 aliphatic carbocycles. The molecule has 3 aromatic rings. The maximum absolute atomic E-state index is 13.3. The Morgan fingerprint density at radius 3 is 2.27 bits per heavy atom. The molecule has 2 aromatic carbocycles. The second kappa shape index (κ2) is 7.55. The maximum Gasteiger partial charge on any atom is 0.300 e. The minimum absolute atomic E-state index is 0.0792. The second-order valence-electron chi connectivity index (χ2n) is 7.28. The van der Waals surface area contributed by atoms with Crippen LogP contribution in [0.1, 0.15) is 28.4 Å². The van der Waals surface area contributed by atoms with Crippen LogP contribution in [0.2, 0.25) is 0 Å². The van der Waals surface area contributed by atoms with E-state index in [-0.39, 0.29) is 16.9 Å². The molecule has 30 heavy (non-hydrogen) atoms. The third-order valence-corrected chi connectivity index (χ3v) is 5.01. The lowest BCUT2D eigenvalue weighted by atomic mass is 9.98. The van der Waals surface area contributed by atoms with Gasteiger partial charge in [0.25, 0.3) is 11.7 Å². The molecule has 6 heteroatoms. The molecule has 0 saturated carbocycles. The number of Topliss-reactive ketones (excluding diaryl/α,β-unsaturated/α-hetero) is 1. The van der Waals surface area contributed by atoms with Gasteiger partial charge in [-0.2, -0.15) is 0 Å². The number of halogens is 1. The van der Waals surface area contributed by atoms with Crippen molar-refractivity contribution in [2.45, 2.75) is 19.9 Å². The molecule has 1 fully saturated rings. The minimum atomic E-state index is -0.905. The van der Waals surface area contributed by atoms with E-state index in [4.69, 9.17) is 0 Å². The van der Waals surface area contributed by atoms with Crippen molar-refractivity contribution in [3.8, 4) is 0 Å². The van der Waals surface area contributed by atoms with Crippen LogP contribution < -0.4 is 4.90 Å². The summed E-state index contributed by atoms with van der Waals surface area (Å²) in [7, 11) is 0. The summed E-state index contributed by atoms with van der Waals surface area (Å²) in [5.41, 5.74) is 3.03. The number of amides is 1. The number of aromatic nitrogens is 1. The molecule has 150 valence electrons. The van der Waals surface area contributed by atoms with Crippen LogP contribution in [0.15, 0.2) is 72.4 Å². The number of hydrogen-bond donors (Lipinski definition) is 1. The van der Waals surface area contributed by atoms with Crippen LogP contribution in [-0.2, 0) is 9.59 Å². The number of carbonyl (C=O) groups excluding carboxylic acids is 2. The van der Waals surface area contributed by atoms with E-state index in [0.29, 0.717) is 11.4 Å². The minimum Gasteiger partial charge on any atom is -0.507 e. The first-order chi connectivity index (χ1) is 14.4. The van der Waals surface area contributed by atoms with Gasteiger partial charge in [0, 0.05) is 17.4 Å². The highest BCUT2D eigenvalue weighted by molar-refractivity contribution is 6.51. The van der Waals surface area contributed by atoms with E-state index in [1.54, 1.807) is 24.4 Å². The highest BCUT2D eigenvalue weighted by Gasteiger charge is 2.47. The summed E-state index contributed by atoms with van der Waals surface area (Å²) in [4.78, 5) is 31.8. The normalized spacial score (nSPS) is 18.1. The largest absolute Gasteiger partial charge is 0.507 e. The number of anilines is 1. The van der Waals surface area contributed by atoms with Crippen LogP contribution in [0, 0.1) is 19.7 Å². The molecule has 1 saturated heterocycles. The highest BCUT2D eigenvalue weighted by atomic mass is 19.1. The molecule has 5 nitrogen and oxygen atoms in total. The van der Waals surface area contributed by atoms with E-state index in [9.17, 15) is 19.1 Å². The maximum atomic E-state index is 13.3. The van der Waals surface area contributed by atoms with Crippen molar-refractivity contribution < 1.29 is 19.1 Å². The van der Waals surface area contributed by atoms with E-state index in [0.717, 1.165) is 11.1 Å².